The van der Waals surface area contributed by atoms with Gasteiger partial charge in [-0.25, -0.2) is 8.42 Å². The smallest absolute Gasteiger partial charge is 0.178 e. The number of sulfone groups is 1. The average Bonchev–Trinajstić information content (AvgIpc) is 3.17. The van der Waals surface area contributed by atoms with E-state index in [4.69, 9.17) is 9.47 Å². The largest absolute Gasteiger partial charge is 0.486 e. The van der Waals surface area contributed by atoms with Gasteiger partial charge in [-0.15, -0.1) is 0 Å². The van der Waals surface area contributed by atoms with Crippen LogP contribution in [0.5, 0.6) is 11.5 Å². The zero-order valence-corrected chi connectivity index (χ0v) is 15.7. The summed E-state index contributed by atoms with van der Waals surface area (Å²) in [4.78, 5) is 2.71. The average molecular weight is 373 g/mol. The van der Waals surface area contributed by atoms with Gasteiger partial charge in [0, 0.05) is 17.8 Å². The highest BCUT2D eigenvalue weighted by molar-refractivity contribution is 7.91. The molecular weight excluding hydrogens is 350 g/mol. The summed E-state index contributed by atoms with van der Waals surface area (Å²) in [6, 6.07) is 13.5. The molecule has 0 saturated carbocycles. The Morgan fingerprint density at radius 1 is 1.08 bits per heavy atom. The van der Waals surface area contributed by atoms with Crippen molar-refractivity contribution in [3.63, 3.8) is 0 Å². The fourth-order valence-electron chi connectivity index (χ4n) is 3.77. The molecule has 1 saturated heterocycles. The number of ether oxygens (including phenoxy) is 2. The van der Waals surface area contributed by atoms with Crippen LogP contribution in [0.25, 0.3) is 0 Å². The predicted octanol–water partition coefficient (Wildman–Crippen LogP) is 3.59. The molecule has 0 amide bonds. The predicted molar refractivity (Wildman–Crippen MR) is 101 cm³/mol. The van der Waals surface area contributed by atoms with E-state index >= 15 is 0 Å². The zero-order chi connectivity index (χ0) is 18.1. The second kappa shape index (κ2) is 6.83. The van der Waals surface area contributed by atoms with Crippen molar-refractivity contribution in [3.8, 4) is 11.5 Å². The van der Waals surface area contributed by atoms with E-state index in [1.54, 1.807) is 19.1 Å². The van der Waals surface area contributed by atoms with Crippen molar-refractivity contribution < 1.29 is 17.9 Å². The van der Waals surface area contributed by atoms with E-state index in [0.717, 1.165) is 42.1 Å². The van der Waals surface area contributed by atoms with Gasteiger partial charge in [0.15, 0.2) is 21.3 Å². The topological polar surface area (TPSA) is 55.8 Å². The van der Waals surface area contributed by atoms with Crippen molar-refractivity contribution in [3.05, 3.63) is 48.0 Å². The van der Waals surface area contributed by atoms with Crippen LogP contribution in [0.3, 0.4) is 0 Å². The summed E-state index contributed by atoms with van der Waals surface area (Å²) in [6.07, 6.45) is 2.12. The molecule has 2 aliphatic rings. The van der Waals surface area contributed by atoms with E-state index in [0.29, 0.717) is 18.1 Å². The highest BCUT2D eigenvalue weighted by Crippen LogP contribution is 2.44. The second-order valence-electron chi connectivity index (χ2n) is 6.62. The third kappa shape index (κ3) is 3.03. The minimum Gasteiger partial charge on any atom is -0.486 e. The van der Waals surface area contributed by atoms with Gasteiger partial charge in [-0.3, -0.25) is 0 Å². The number of anilines is 1. The van der Waals surface area contributed by atoms with Crippen LogP contribution in [0.1, 0.15) is 31.4 Å². The van der Waals surface area contributed by atoms with Gasteiger partial charge >= 0.3 is 0 Å². The van der Waals surface area contributed by atoms with Gasteiger partial charge in [0.25, 0.3) is 0 Å². The van der Waals surface area contributed by atoms with E-state index in [1.807, 2.05) is 24.3 Å². The minimum absolute atomic E-state index is 0.117. The number of benzene rings is 2. The maximum atomic E-state index is 12.0. The van der Waals surface area contributed by atoms with Crippen LogP contribution in [0.4, 0.5) is 5.69 Å². The van der Waals surface area contributed by atoms with Crippen LogP contribution < -0.4 is 14.4 Å². The minimum atomic E-state index is -3.17. The molecule has 2 aromatic carbocycles. The molecule has 2 heterocycles. The molecule has 0 radical (unpaired) electrons. The van der Waals surface area contributed by atoms with E-state index in [2.05, 4.69) is 11.0 Å². The molecule has 6 heteroatoms. The summed E-state index contributed by atoms with van der Waals surface area (Å²) in [5, 5.41) is 0. The van der Waals surface area contributed by atoms with Crippen molar-refractivity contribution in [2.24, 2.45) is 0 Å². The van der Waals surface area contributed by atoms with Gasteiger partial charge in [-0.2, -0.15) is 0 Å². The second-order valence-corrected chi connectivity index (χ2v) is 8.90. The summed E-state index contributed by atoms with van der Waals surface area (Å²) in [5.41, 5.74) is 2.18. The zero-order valence-electron chi connectivity index (χ0n) is 14.8. The number of rotatable bonds is 4. The molecule has 2 aromatic rings. The quantitative estimate of drug-likeness (QED) is 0.820. The highest BCUT2D eigenvalue weighted by Gasteiger charge is 2.31. The molecule has 1 fully saturated rings. The molecule has 0 N–H and O–H groups in total. The van der Waals surface area contributed by atoms with Crippen molar-refractivity contribution >= 4 is 15.5 Å². The lowest BCUT2D eigenvalue weighted by molar-refractivity contribution is 0.169. The standard InChI is InChI=1S/C20H23NO4S/c1-2-26(22,23)16-10-8-15(9-11-16)21-12-4-6-18(21)17-5-3-7-19-20(17)25-14-13-24-19/h3,5,7-11,18H,2,4,6,12-14H2,1H3. The first kappa shape index (κ1) is 17.2. The monoisotopic (exact) mass is 373 g/mol. The van der Waals surface area contributed by atoms with E-state index in [1.165, 1.54) is 0 Å². The fourth-order valence-corrected chi connectivity index (χ4v) is 4.65. The molecule has 5 nitrogen and oxygen atoms in total. The van der Waals surface area contributed by atoms with Crippen LogP contribution in [0, 0.1) is 0 Å². The summed E-state index contributed by atoms with van der Waals surface area (Å²) < 4.78 is 35.7. The normalized spacial score (nSPS) is 19.6. The molecule has 0 spiro atoms. The van der Waals surface area contributed by atoms with Crippen molar-refractivity contribution in [2.45, 2.75) is 30.7 Å². The molecule has 0 bridgehead atoms. The molecule has 0 aliphatic carbocycles. The molecule has 1 unspecified atom stereocenters. The van der Waals surface area contributed by atoms with Crippen LogP contribution in [-0.4, -0.2) is 33.9 Å². The number of hydrogen-bond acceptors (Lipinski definition) is 5. The Morgan fingerprint density at radius 3 is 2.62 bits per heavy atom. The lowest BCUT2D eigenvalue weighted by Crippen LogP contribution is -2.24. The molecule has 1 atom stereocenters. The van der Waals surface area contributed by atoms with Gasteiger partial charge in [0.2, 0.25) is 0 Å². The SMILES string of the molecule is CCS(=O)(=O)c1ccc(N2CCCC2c2cccc3c2OCCO3)cc1. The van der Waals surface area contributed by atoms with Gasteiger partial charge < -0.3 is 14.4 Å². The van der Waals surface area contributed by atoms with Gasteiger partial charge in [0.1, 0.15) is 13.2 Å². The van der Waals surface area contributed by atoms with Gasteiger partial charge in [0.05, 0.1) is 16.7 Å². The lowest BCUT2D eigenvalue weighted by Gasteiger charge is -2.30. The molecule has 138 valence electrons. The number of hydrogen-bond donors (Lipinski definition) is 0. The maximum absolute atomic E-state index is 12.0. The Morgan fingerprint density at radius 2 is 1.85 bits per heavy atom. The van der Waals surface area contributed by atoms with Crippen LogP contribution in [0.2, 0.25) is 0 Å². The van der Waals surface area contributed by atoms with E-state index in [9.17, 15) is 8.42 Å². The maximum Gasteiger partial charge on any atom is 0.178 e. The van der Waals surface area contributed by atoms with Gasteiger partial charge in [-0.1, -0.05) is 19.1 Å². The first-order chi connectivity index (χ1) is 12.6. The Bertz CT molecular complexity index is 893. The summed E-state index contributed by atoms with van der Waals surface area (Å²) >= 11 is 0. The number of fused-ring (bicyclic) bond motifs is 1. The number of para-hydroxylation sites is 1. The highest BCUT2D eigenvalue weighted by atomic mass is 32.2. The fraction of sp³-hybridized carbons (Fsp3) is 0.400. The summed E-state index contributed by atoms with van der Waals surface area (Å²) in [5.74, 6) is 1.78. The van der Waals surface area contributed by atoms with Crippen LogP contribution in [0.15, 0.2) is 47.4 Å². The Kier molecular flexibility index (Phi) is 4.53. The Labute approximate surface area is 154 Å². The van der Waals surface area contributed by atoms with Crippen LogP contribution in [-0.2, 0) is 9.84 Å². The molecule has 0 aromatic heterocycles. The van der Waals surface area contributed by atoms with Crippen molar-refractivity contribution in [1.82, 2.24) is 0 Å². The molecule has 26 heavy (non-hydrogen) atoms. The van der Waals surface area contributed by atoms with E-state index < -0.39 is 9.84 Å². The van der Waals surface area contributed by atoms with Crippen molar-refractivity contribution in [1.29, 1.82) is 0 Å². The van der Waals surface area contributed by atoms with E-state index in [-0.39, 0.29) is 11.8 Å². The molecular formula is C20H23NO4S. The first-order valence-corrected chi connectivity index (χ1v) is 10.7. The lowest BCUT2D eigenvalue weighted by atomic mass is 10.0. The summed E-state index contributed by atoms with van der Waals surface area (Å²) in [6.45, 7) is 3.76. The third-order valence-corrected chi connectivity index (χ3v) is 6.87. The summed E-state index contributed by atoms with van der Waals surface area (Å²) in [7, 11) is -3.17. The van der Waals surface area contributed by atoms with Crippen molar-refractivity contribution in [2.75, 3.05) is 30.4 Å². The van der Waals surface area contributed by atoms with Crippen LogP contribution >= 0.6 is 0 Å². The first-order valence-electron chi connectivity index (χ1n) is 9.08. The molecule has 4 rings (SSSR count). The third-order valence-electron chi connectivity index (χ3n) is 5.12. The molecule has 2 aliphatic heterocycles. The van der Waals surface area contributed by atoms with Gasteiger partial charge in [-0.05, 0) is 43.2 Å². The Balaban J connectivity index is 1.66. The Hall–Kier alpha value is -2.21. The number of nitrogens with zero attached hydrogens (tertiary/aromatic N) is 1.